The smallest absolute Gasteiger partial charge is 0.249 e. The normalized spacial score (nSPS) is 15.6. The summed E-state index contributed by atoms with van der Waals surface area (Å²) in [5, 5.41) is 8.61. The predicted molar refractivity (Wildman–Crippen MR) is 70.4 cm³/mol. The van der Waals surface area contributed by atoms with Gasteiger partial charge in [0.1, 0.15) is 6.54 Å². The van der Waals surface area contributed by atoms with E-state index in [0.717, 1.165) is 22.6 Å². The van der Waals surface area contributed by atoms with Crippen molar-refractivity contribution in [2.75, 3.05) is 24.5 Å². The zero-order chi connectivity index (χ0) is 13.8. The quantitative estimate of drug-likeness (QED) is 0.597. The Labute approximate surface area is 112 Å². The van der Waals surface area contributed by atoms with Crippen molar-refractivity contribution in [1.82, 2.24) is 4.90 Å². The summed E-state index contributed by atoms with van der Waals surface area (Å²) in [5.41, 5.74) is 2.03. The fraction of sp³-hybridized carbons (Fsp3) is 0.357. The van der Waals surface area contributed by atoms with E-state index >= 15 is 0 Å². The number of carbonyl (C=O) groups is 2. The first-order valence-electron chi connectivity index (χ1n) is 6.20. The van der Waals surface area contributed by atoms with E-state index in [2.05, 4.69) is 0 Å². The number of amides is 2. The average Bonchev–Trinajstić information content (AvgIpc) is 2.42. The highest BCUT2D eigenvalue weighted by Gasteiger charge is 2.31. The SMILES string of the molecule is CCc1ccccc1N1CC(=O)N(CC#N)C(=O)C1. The van der Waals surface area contributed by atoms with Crippen LogP contribution in [0.25, 0.3) is 0 Å². The third-order valence-electron chi connectivity index (χ3n) is 3.20. The van der Waals surface area contributed by atoms with Crippen LogP contribution in [0, 0.1) is 11.3 Å². The van der Waals surface area contributed by atoms with Crippen molar-refractivity contribution in [3.05, 3.63) is 29.8 Å². The minimum Gasteiger partial charge on any atom is -0.353 e. The molecule has 0 aliphatic carbocycles. The number of piperazine rings is 1. The van der Waals surface area contributed by atoms with E-state index in [1.54, 1.807) is 4.90 Å². The fourth-order valence-electron chi connectivity index (χ4n) is 2.23. The summed E-state index contributed by atoms with van der Waals surface area (Å²) in [6, 6.07) is 9.59. The van der Waals surface area contributed by atoms with Gasteiger partial charge in [-0.2, -0.15) is 5.26 Å². The number of aryl methyl sites for hydroxylation is 1. The first-order valence-corrected chi connectivity index (χ1v) is 6.20. The van der Waals surface area contributed by atoms with Gasteiger partial charge in [-0.25, -0.2) is 0 Å². The number of rotatable bonds is 3. The zero-order valence-electron chi connectivity index (χ0n) is 10.8. The number of hydrogen-bond acceptors (Lipinski definition) is 4. The van der Waals surface area contributed by atoms with Crippen LogP contribution < -0.4 is 4.90 Å². The summed E-state index contributed by atoms with van der Waals surface area (Å²) in [7, 11) is 0. The van der Waals surface area contributed by atoms with E-state index in [4.69, 9.17) is 5.26 Å². The van der Waals surface area contributed by atoms with E-state index in [1.165, 1.54) is 0 Å². The molecule has 0 spiro atoms. The maximum atomic E-state index is 11.9. The first kappa shape index (κ1) is 13.1. The highest BCUT2D eigenvalue weighted by Crippen LogP contribution is 2.22. The summed E-state index contributed by atoms with van der Waals surface area (Å²) in [5.74, 6) is -0.632. The van der Waals surface area contributed by atoms with Gasteiger partial charge in [0.25, 0.3) is 0 Å². The monoisotopic (exact) mass is 257 g/mol. The topological polar surface area (TPSA) is 64.4 Å². The van der Waals surface area contributed by atoms with Crippen LogP contribution in [0.3, 0.4) is 0 Å². The molecular weight excluding hydrogens is 242 g/mol. The van der Waals surface area contributed by atoms with E-state index in [-0.39, 0.29) is 31.4 Å². The largest absolute Gasteiger partial charge is 0.353 e. The Morgan fingerprint density at radius 2 is 1.84 bits per heavy atom. The van der Waals surface area contributed by atoms with Crippen LogP contribution in [-0.4, -0.2) is 36.3 Å². The van der Waals surface area contributed by atoms with Gasteiger partial charge in [-0.3, -0.25) is 14.5 Å². The molecule has 0 saturated carbocycles. The van der Waals surface area contributed by atoms with Crippen molar-refractivity contribution in [1.29, 1.82) is 5.26 Å². The minimum atomic E-state index is -0.316. The van der Waals surface area contributed by atoms with Crippen LogP contribution in [0.15, 0.2) is 24.3 Å². The molecule has 98 valence electrons. The Morgan fingerprint density at radius 1 is 1.21 bits per heavy atom. The molecule has 0 aromatic heterocycles. The van der Waals surface area contributed by atoms with E-state index < -0.39 is 0 Å². The number of benzene rings is 1. The summed E-state index contributed by atoms with van der Waals surface area (Å²) < 4.78 is 0. The third kappa shape index (κ3) is 2.58. The molecule has 1 fully saturated rings. The fourth-order valence-corrected chi connectivity index (χ4v) is 2.23. The maximum Gasteiger partial charge on any atom is 0.249 e. The Bertz CT molecular complexity index is 530. The Balaban J connectivity index is 2.23. The van der Waals surface area contributed by atoms with Crippen molar-refractivity contribution in [3.63, 3.8) is 0 Å². The van der Waals surface area contributed by atoms with Gasteiger partial charge in [0.05, 0.1) is 19.2 Å². The third-order valence-corrected chi connectivity index (χ3v) is 3.20. The number of carbonyl (C=O) groups excluding carboxylic acids is 2. The van der Waals surface area contributed by atoms with Gasteiger partial charge in [-0.15, -0.1) is 0 Å². The second-order valence-corrected chi connectivity index (χ2v) is 4.37. The van der Waals surface area contributed by atoms with Crippen LogP contribution in [0.2, 0.25) is 0 Å². The molecule has 1 aliphatic heterocycles. The van der Waals surface area contributed by atoms with Gasteiger partial charge in [0.2, 0.25) is 11.8 Å². The minimum absolute atomic E-state index is 0.143. The van der Waals surface area contributed by atoms with Gasteiger partial charge < -0.3 is 4.90 Å². The van der Waals surface area contributed by atoms with Gasteiger partial charge in [-0.05, 0) is 18.1 Å². The standard InChI is InChI=1S/C14H15N3O2/c1-2-11-5-3-4-6-12(11)16-9-13(18)17(8-7-15)14(19)10-16/h3-6H,2,8-10H2,1H3. The Morgan fingerprint density at radius 3 is 2.42 bits per heavy atom. The number of anilines is 1. The molecule has 0 atom stereocenters. The van der Waals surface area contributed by atoms with Crippen molar-refractivity contribution in [2.24, 2.45) is 0 Å². The molecule has 5 heteroatoms. The number of imide groups is 1. The average molecular weight is 257 g/mol. The zero-order valence-corrected chi connectivity index (χ0v) is 10.8. The van der Waals surface area contributed by atoms with Crippen LogP contribution in [0.4, 0.5) is 5.69 Å². The Hall–Kier alpha value is -2.35. The van der Waals surface area contributed by atoms with Crippen molar-refractivity contribution < 1.29 is 9.59 Å². The molecule has 0 unspecified atom stereocenters. The van der Waals surface area contributed by atoms with Crippen LogP contribution in [0.1, 0.15) is 12.5 Å². The molecule has 1 saturated heterocycles. The molecule has 1 aliphatic rings. The summed E-state index contributed by atoms with van der Waals surface area (Å²) >= 11 is 0. The number of hydrogen-bond donors (Lipinski definition) is 0. The lowest BCUT2D eigenvalue weighted by Crippen LogP contribution is -2.54. The van der Waals surface area contributed by atoms with E-state index in [1.807, 2.05) is 37.3 Å². The van der Waals surface area contributed by atoms with Gasteiger partial charge in [0.15, 0.2) is 0 Å². The summed E-state index contributed by atoms with van der Waals surface area (Å²) in [4.78, 5) is 26.6. The van der Waals surface area contributed by atoms with E-state index in [9.17, 15) is 9.59 Å². The Kier molecular flexibility index (Phi) is 3.81. The van der Waals surface area contributed by atoms with Crippen LogP contribution in [-0.2, 0) is 16.0 Å². The second-order valence-electron chi connectivity index (χ2n) is 4.37. The molecule has 1 aromatic rings. The van der Waals surface area contributed by atoms with Crippen molar-refractivity contribution >= 4 is 17.5 Å². The van der Waals surface area contributed by atoms with E-state index in [0.29, 0.717) is 0 Å². The molecule has 0 bridgehead atoms. The highest BCUT2D eigenvalue weighted by atomic mass is 16.2. The molecule has 19 heavy (non-hydrogen) atoms. The summed E-state index contributed by atoms with van der Waals surface area (Å²) in [6.07, 6.45) is 0.844. The molecule has 1 aromatic carbocycles. The van der Waals surface area contributed by atoms with Gasteiger partial charge >= 0.3 is 0 Å². The molecule has 0 N–H and O–H groups in total. The first-order chi connectivity index (χ1) is 9.17. The predicted octanol–water partition coefficient (Wildman–Crippen LogP) is 0.948. The number of nitriles is 1. The highest BCUT2D eigenvalue weighted by molar-refractivity contribution is 6.03. The van der Waals surface area contributed by atoms with Gasteiger partial charge in [0, 0.05) is 5.69 Å². The second kappa shape index (κ2) is 5.53. The number of para-hydroxylation sites is 1. The van der Waals surface area contributed by atoms with Crippen LogP contribution >= 0.6 is 0 Å². The van der Waals surface area contributed by atoms with Crippen molar-refractivity contribution in [3.8, 4) is 6.07 Å². The lowest BCUT2D eigenvalue weighted by Gasteiger charge is -2.33. The lowest BCUT2D eigenvalue weighted by atomic mass is 10.1. The van der Waals surface area contributed by atoms with Crippen LogP contribution in [0.5, 0.6) is 0 Å². The number of nitrogens with zero attached hydrogens (tertiary/aromatic N) is 3. The molecule has 5 nitrogen and oxygen atoms in total. The molecular formula is C14H15N3O2. The summed E-state index contributed by atoms with van der Waals surface area (Å²) in [6.45, 7) is 2.16. The lowest BCUT2D eigenvalue weighted by molar-refractivity contribution is -0.144. The molecule has 2 rings (SSSR count). The van der Waals surface area contributed by atoms with Crippen molar-refractivity contribution in [2.45, 2.75) is 13.3 Å². The maximum absolute atomic E-state index is 11.9. The van der Waals surface area contributed by atoms with Gasteiger partial charge in [-0.1, -0.05) is 25.1 Å². The molecule has 0 radical (unpaired) electrons. The molecule has 1 heterocycles. The molecule has 2 amide bonds.